The highest BCUT2D eigenvalue weighted by molar-refractivity contribution is 5.74. The third kappa shape index (κ3) is 3.10. The van der Waals surface area contributed by atoms with Crippen LogP contribution >= 0.6 is 0 Å². The molecule has 0 aliphatic carbocycles. The Bertz CT molecular complexity index is 1190. The molecule has 0 radical (unpaired) electrons. The van der Waals surface area contributed by atoms with Gasteiger partial charge in [0.25, 0.3) is 5.56 Å². The van der Waals surface area contributed by atoms with Crippen molar-refractivity contribution in [3.05, 3.63) is 95.4 Å². The summed E-state index contributed by atoms with van der Waals surface area (Å²) in [6, 6.07) is 16.2. The number of rotatable bonds is 3. The Labute approximate surface area is 155 Å². The largest absolute Gasteiger partial charge is 0.281 e. The summed E-state index contributed by atoms with van der Waals surface area (Å²) < 4.78 is 1.50. The molecule has 0 atom stereocenters. The summed E-state index contributed by atoms with van der Waals surface area (Å²) in [5.41, 5.74) is 2.45. The molecule has 4 rings (SSSR count). The topological polar surface area (TPSA) is 84.5 Å². The van der Waals surface area contributed by atoms with Crippen LogP contribution in [-0.4, -0.2) is 19.5 Å². The van der Waals surface area contributed by atoms with E-state index in [1.54, 1.807) is 79.5 Å². The molecule has 0 amide bonds. The lowest BCUT2D eigenvalue weighted by Crippen LogP contribution is -2.20. The highest BCUT2D eigenvalue weighted by Gasteiger charge is 2.15. The minimum absolute atomic E-state index is 0.245. The maximum atomic E-state index is 13.2. The van der Waals surface area contributed by atoms with Gasteiger partial charge in [0.05, 0.1) is 23.5 Å². The second-order valence-corrected chi connectivity index (χ2v) is 5.76. The Hall–Kier alpha value is -4.11. The van der Waals surface area contributed by atoms with Crippen LogP contribution < -0.4 is 5.56 Å². The predicted octanol–water partition coefficient (Wildman–Crippen LogP) is 3.23. The summed E-state index contributed by atoms with van der Waals surface area (Å²) >= 11 is 0. The number of nitriles is 1. The molecule has 27 heavy (non-hydrogen) atoms. The lowest BCUT2D eigenvalue weighted by atomic mass is 10.00. The van der Waals surface area contributed by atoms with Gasteiger partial charge in [-0.05, 0) is 30.3 Å². The fourth-order valence-electron chi connectivity index (χ4n) is 2.85. The van der Waals surface area contributed by atoms with Gasteiger partial charge in [0.15, 0.2) is 5.82 Å². The Kier molecular flexibility index (Phi) is 4.25. The first kappa shape index (κ1) is 16.4. The molecule has 0 aliphatic rings. The first-order chi connectivity index (χ1) is 13.3. The summed E-state index contributed by atoms with van der Waals surface area (Å²) in [5, 5.41) is 9.45. The van der Waals surface area contributed by atoms with Crippen LogP contribution in [0.3, 0.4) is 0 Å². The molecule has 0 aliphatic heterocycles. The zero-order valence-corrected chi connectivity index (χ0v) is 14.1. The smallest absolute Gasteiger partial charge is 0.263 e. The Morgan fingerprint density at radius 3 is 2.48 bits per heavy atom. The third-order valence-corrected chi connectivity index (χ3v) is 4.10. The zero-order chi connectivity index (χ0) is 18.6. The Morgan fingerprint density at radius 1 is 0.926 bits per heavy atom. The van der Waals surface area contributed by atoms with Crippen LogP contribution in [0.5, 0.6) is 0 Å². The van der Waals surface area contributed by atoms with Gasteiger partial charge in [0.1, 0.15) is 0 Å². The van der Waals surface area contributed by atoms with Crippen LogP contribution in [0.15, 0.2) is 84.3 Å². The highest BCUT2D eigenvalue weighted by atomic mass is 16.1. The van der Waals surface area contributed by atoms with Crippen LogP contribution in [-0.2, 0) is 0 Å². The molecule has 1 aromatic carbocycles. The SMILES string of the molecule is N#Cc1ccccc1-c1cc(-c2ncccn2)cn(-c2cccnc2)c1=O. The van der Waals surface area contributed by atoms with Gasteiger partial charge in [-0.25, -0.2) is 9.97 Å². The quantitative estimate of drug-likeness (QED) is 0.566. The number of benzene rings is 1. The molecule has 0 N–H and O–H groups in total. The molecular formula is C21H13N5O. The van der Waals surface area contributed by atoms with Gasteiger partial charge in [-0.2, -0.15) is 5.26 Å². The fourth-order valence-corrected chi connectivity index (χ4v) is 2.85. The lowest BCUT2D eigenvalue weighted by molar-refractivity contribution is 0.977. The monoisotopic (exact) mass is 351 g/mol. The molecule has 6 nitrogen and oxygen atoms in total. The molecular weight excluding hydrogens is 338 g/mol. The summed E-state index contributed by atoms with van der Waals surface area (Å²) in [4.78, 5) is 25.9. The van der Waals surface area contributed by atoms with Crippen LogP contribution in [0.25, 0.3) is 28.2 Å². The van der Waals surface area contributed by atoms with Gasteiger partial charge < -0.3 is 0 Å². The van der Waals surface area contributed by atoms with Crippen molar-refractivity contribution < 1.29 is 0 Å². The second kappa shape index (κ2) is 7.02. The number of pyridine rings is 2. The maximum Gasteiger partial charge on any atom is 0.263 e. The van der Waals surface area contributed by atoms with Crippen LogP contribution in [0.2, 0.25) is 0 Å². The molecule has 0 saturated heterocycles. The van der Waals surface area contributed by atoms with E-state index >= 15 is 0 Å². The standard InChI is InChI=1S/C21H13N5O/c22-12-15-5-1-2-7-18(15)19-11-16(20-24-9-4-10-25-20)14-26(21(19)27)17-6-3-8-23-13-17/h1-11,13-14H. The van der Waals surface area contributed by atoms with Crippen molar-refractivity contribution >= 4 is 0 Å². The first-order valence-electron chi connectivity index (χ1n) is 8.22. The molecule has 4 aromatic rings. The van der Waals surface area contributed by atoms with Crippen molar-refractivity contribution in [2.24, 2.45) is 0 Å². The number of nitrogens with zero attached hydrogens (tertiary/aromatic N) is 5. The van der Waals surface area contributed by atoms with Crippen molar-refractivity contribution in [3.63, 3.8) is 0 Å². The minimum Gasteiger partial charge on any atom is -0.281 e. The zero-order valence-electron chi connectivity index (χ0n) is 14.1. The molecule has 0 spiro atoms. The van der Waals surface area contributed by atoms with Crippen molar-refractivity contribution in [1.82, 2.24) is 19.5 Å². The van der Waals surface area contributed by atoms with Gasteiger partial charge in [-0.15, -0.1) is 0 Å². The number of hydrogen-bond acceptors (Lipinski definition) is 5. The number of hydrogen-bond donors (Lipinski definition) is 0. The molecule has 0 saturated carbocycles. The van der Waals surface area contributed by atoms with E-state index in [1.807, 2.05) is 0 Å². The predicted molar refractivity (Wildman–Crippen MR) is 101 cm³/mol. The molecule has 0 bridgehead atoms. The Balaban J connectivity index is 2.04. The van der Waals surface area contributed by atoms with Gasteiger partial charge in [-0.1, -0.05) is 18.2 Å². The van der Waals surface area contributed by atoms with Gasteiger partial charge in [-0.3, -0.25) is 14.3 Å². The van der Waals surface area contributed by atoms with Crippen molar-refractivity contribution in [2.45, 2.75) is 0 Å². The van der Waals surface area contributed by atoms with E-state index in [2.05, 4.69) is 21.0 Å². The normalized spacial score (nSPS) is 10.3. The van der Waals surface area contributed by atoms with Gasteiger partial charge in [0, 0.05) is 41.5 Å². The van der Waals surface area contributed by atoms with E-state index in [0.29, 0.717) is 33.8 Å². The van der Waals surface area contributed by atoms with Crippen molar-refractivity contribution in [3.8, 4) is 34.3 Å². The Morgan fingerprint density at radius 2 is 1.74 bits per heavy atom. The summed E-state index contributed by atoms with van der Waals surface area (Å²) in [6.45, 7) is 0. The summed E-state index contributed by atoms with van der Waals surface area (Å²) in [6.07, 6.45) is 8.23. The average molecular weight is 351 g/mol. The average Bonchev–Trinajstić information content (AvgIpc) is 2.75. The van der Waals surface area contributed by atoms with Crippen molar-refractivity contribution in [2.75, 3.05) is 0 Å². The molecule has 3 heterocycles. The van der Waals surface area contributed by atoms with E-state index in [1.165, 1.54) is 4.57 Å². The molecule has 0 unspecified atom stereocenters. The van der Waals surface area contributed by atoms with Gasteiger partial charge >= 0.3 is 0 Å². The third-order valence-electron chi connectivity index (χ3n) is 4.10. The van der Waals surface area contributed by atoms with Crippen LogP contribution in [0, 0.1) is 11.3 Å². The summed E-state index contributed by atoms with van der Waals surface area (Å²) in [7, 11) is 0. The van der Waals surface area contributed by atoms with E-state index in [9.17, 15) is 10.1 Å². The maximum absolute atomic E-state index is 13.2. The molecule has 0 fully saturated rings. The first-order valence-corrected chi connectivity index (χ1v) is 8.22. The van der Waals surface area contributed by atoms with Crippen LogP contribution in [0.4, 0.5) is 0 Å². The van der Waals surface area contributed by atoms with E-state index in [4.69, 9.17) is 0 Å². The second-order valence-electron chi connectivity index (χ2n) is 5.76. The van der Waals surface area contributed by atoms with E-state index in [-0.39, 0.29) is 5.56 Å². The minimum atomic E-state index is -0.245. The summed E-state index contributed by atoms with van der Waals surface area (Å²) in [5.74, 6) is 0.492. The molecule has 128 valence electrons. The molecule has 3 aromatic heterocycles. The highest BCUT2D eigenvalue weighted by Crippen LogP contribution is 2.25. The van der Waals surface area contributed by atoms with Crippen molar-refractivity contribution in [1.29, 1.82) is 5.26 Å². The molecule has 6 heteroatoms. The van der Waals surface area contributed by atoms with E-state index < -0.39 is 0 Å². The number of aromatic nitrogens is 4. The van der Waals surface area contributed by atoms with E-state index in [0.717, 1.165) is 0 Å². The fraction of sp³-hybridized carbons (Fsp3) is 0. The van der Waals surface area contributed by atoms with Gasteiger partial charge in [0.2, 0.25) is 0 Å². The lowest BCUT2D eigenvalue weighted by Gasteiger charge is -2.12. The van der Waals surface area contributed by atoms with Crippen LogP contribution in [0.1, 0.15) is 5.56 Å².